The second-order valence-corrected chi connectivity index (χ2v) is 6.47. The lowest BCUT2D eigenvalue weighted by Gasteiger charge is -2.20. The molecule has 0 unspecified atom stereocenters. The molecule has 0 aliphatic heterocycles. The van der Waals surface area contributed by atoms with Crippen LogP contribution in [0.2, 0.25) is 5.02 Å². The van der Waals surface area contributed by atoms with E-state index in [0.29, 0.717) is 16.0 Å². The van der Waals surface area contributed by atoms with Crippen molar-refractivity contribution in [3.63, 3.8) is 0 Å². The summed E-state index contributed by atoms with van der Waals surface area (Å²) < 4.78 is 13.4. The molecule has 1 fully saturated rings. The molecule has 1 aliphatic rings. The minimum Gasteiger partial charge on any atom is -0.323 e. The first-order chi connectivity index (χ1) is 9.15. The van der Waals surface area contributed by atoms with Gasteiger partial charge < -0.3 is 5.32 Å². The third kappa shape index (κ3) is 4.69. The van der Waals surface area contributed by atoms with Crippen molar-refractivity contribution in [2.75, 3.05) is 11.1 Å². The Morgan fingerprint density at radius 3 is 2.84 bits per heavy atom. The van der Waals surface area contributed by atoms with E-state index in [1.807, 2.05) is 0 Å². The highest BCUT2D eigenvalue weighted by Crippen LogP contribution is 2.28. The van der Waals surface area contributed by atoms with E-state index in [4.69, 9.17) is 11.6 Å². The van der Waals surface area contributed by atoms with Crippen molar-refractivity contribution in [3.8, 4) is 0 Å². The molecule has 0 radical (unpaired) electrons. The molecule has 0 saturated heterocycles. The lowest BCUT2D eigenvalue weighted by Crippen LogP contribution is -2.18. The lowest BCUT2D eigenvalue weighted by molar-refractivity contribution is -0.113. The number of hydrogen-bond donors (Lipinski definition) is 1. The largest absolute Gasteiger partial charge is 0.323 e. The van der Waals surface area contributed by atoms with E-state index in [1.165, 1.54) is 50.3 Å². The number of benzene rings is 1. The molecular weight excluding hydrogens is 285 g/mol. The average molecular weight is 302 g/mol. The van der Waals surface area contributed by atoms with E-state index in [9.17, 15) is 9.18 Å². The topological polar surface area (TPSA) is 29.1 Å². The van der Waals surface area contributed by atoms with Crippen LogP contribution in [-0.2, 0) is 4.79 Å². The summed E-state index contributed by atoms with van der Waals surface area (Å²) in [6.45, 7) is 0. The molecule has 2 nitrogen and oxygen atoms in total. The standard InChI is InChI=1S/C14H17ClFNOS/c15-10-6-7-12(16)13(8-10)17-14(18)9-19-11-4-2-1-3-5-11/h6-8,11H,1-5,9H2,(H,17,18). The van der Waals surface area contributed by atoms with Crippen LogP contribution >= 0.6 is 23.4 Å². The van der Waals surface area contributed by atoms with Crippen LogP contribution in [0.1, 0.15) is 32.1 Å². The number of carbonyl (C=O) groups is 1. The van der Waals surface area contributed by atoms with Crippen molar-refractivity contribution >= 4 is 35.0 Å². The van der Waals surface area contributed by atoms with Gasteiger partial charge in [-0.2, -0.15) is 0 Å². The molecule has 0 atom stereocenters. The Kier molecular flexibility index (Phi) is 5.52. The SMILES string of the molecule is O=C(CSC1CCCCC1)Nc1cc(Cl)ccc1F. The summed E-state index contributed by atoms with van der Waals surface area (Å²) in [5.41, 5.74) is 0.154. The third-order valence-corrected chi connectivity index (χ3v) is 4.81. The van der Waals surface area contributed by atoms with Crippen LogP contribution < -0.4 is 5.32 Å². The van der Waals surface area contributed by atoms with Crippen LogP contribution in [-0.4, -0.2) is 16.9 Å². The van der Waals surface area contributed by atoms with Crippen molar-refractivity contribution in [2.24, 2.45) is 0 Å². The molecule has 0 aromatic heterocycles. The van der Waals surface area contributed by atoms with Crippen molar-refractivity contribution in [2.45, 2.75) is 37.4 Å². The lowest BCUT2D eigenvalue weighted by atomic mass is 10.0. The number of hydrogen-bond acceptors (Lipinski definition) is 2. The van der Waals surface area contributed by atoms with Gasteiger partial charge in [-0.3, -0.25) is 4.79 Å². The molecule has 2 rings (SSSR count). The number of thioether (sulfide) groups is 1. The molecule has 1 N–H and O–H groups in total. The summed E-state index contributed by atoms with van der Waals surface area (Å²) in [7, 11) is 0. The average Bonchev–Trinajstić information content (AvgIpc) is 2.42. The molecular formula is C14H17ClFNOS. The predicted octanol–water partition coefficient (Wildman–Crippen LogP) is 4.48. The summed E-state index contributed by atoms with van der Waals surface area (Å²) >= 11 is 7.44. The highest BCUT2D eigenvalue weighted by Gasteiger charge is 2.16. The van der Waals surface area contributed by atoms with Gasteiger partial charge in [-0.25, -0.2) is 4.39 Å². The minimum atomic E-state index is -0.458. The van der Waals surface area contributed by atoms with Crippen molar-refractivity contribution in [3.05, 3.63) is 29.0 Å². The maximum absolute atomic E-state index is 13.4. The molecule has 1 aromatic carbocycles. The zero-order valence-electron chi connectivity index (χ0n) is 10.6. The Hall–Kier alpha value is -0.740. The fourth-order valence-electron chi connectivity index (χ4n) is 2.20. The second kappa shape index (κ2) is 7.15. The van der Waals surface area contributed by atoms with Crippen LogP contribution in [0.5, 0.6) is 0 Å². The van der Waals surface area contributed by atoms with E-state index >= 15 is 0 Å². The second-order valence-electron chi connectivity index (χ2n) is 4.74. The van der Waals surface area contributed by atoms with Crippen LogP contribution in [0.3, 0.4) is 0 Å². The number of amides is 1. The summed E-state index contributed by atoms with van der Waals surface area (Å²) in [6.07, 6.45) is 6.17. The molecule has 104 valence electrons. The Morgan fingerprint density at radius 2 is 2.11 bits per heavy atom. The van der Waals surface area contributed by atoms with Gasteiger partial charge >= 0.3 is 0 Å². The van der Waals surface area contributed by atoms with Gasteiger partial charge in [-0.05, 0) is 31.0 Å². The van der Waals surface area contributed by atoms with Crippen molar-refractivity contribution in [1.82, 2.24) is 0 Å². The van der Waals surface area contributed by atoms with Gasteiger partial charge in [-0.1, -0.05) is 30.9 Å². The number of halogens is 2. The Labute approximate surface area is 122 Å². The maximum atomic E-state index is 13.4. The van der Waals surface area contributed by atoms with Crippen molar-refractivity contribution in [1.29, 1.82) is 0 Å². The van der Waals surface area contributed by atoms with E-state index in [-0.39, 0.29) is 11.6 Å². The zero-order valence-corrected chi connectivity index (χ0v) is 12.2. The highest BCUT2D eigenvalue weighted by atomic mass is 35.5. The first kappa shape index (κ1) is 14.7. The van der Waals surface area contributed by atoms with Gasteiger partial charge in [-0.15, -0.1) is 11.8 Å². The number of carbonyl (C=O) groups excluding carboxylic acids is 1. The van der Waals surface area contributed by atoms with Gasteiger partial charge in [0.15, 0.2) is 0 Å². The molecule has 1 amide bonds. The molecule has 1 aromatic rings. The molecule has 1 saturated carbocycles. The summed E-state index contributed by atoms with van der Waals surface area (Å²) in [5, 5.41) is 3.56. The molecule has 5 heteroatoms. The fraction of sp³-hybridized carbons (Fsp3) is 0.500. The molecule has 0 spiro atoms. The monoisotopic (exact) mass is 301 g/mol. The van der Waals surface area contributed by atoms with E-state index < -0.39 is 5.82 Å². The van der Waals surface area contributed by atoms with Gasteiger partial charge in [0, 0.05) is 10.3 Å². The van der Waals surface area contributed by atoms with E-state index in [2.05, 4.69) is 5.32 Å². The normalized spacial score (nSPS) is 16.3. The molecule has 1 aliphatic carbocycles. The minimum absolute atomic E-state index is 0.154. The first-order valence-corrected chi connectivity index (χ1v) is 7.94. The Morgan fingerprint density at radius 1 is 1.37 bits per heavy atom. The van der Waals surface area contributed by atoms with Crippen LogP contribution in [0.25, 0.3) is 0 Å². The molecule has 0 bridgehead atoms. The van der Waals surface area contributed by atoms with E-state index in [1.54, 1.807) is 11.8 Å². The first-order valence-electron chi connectivity index (χ1n) is 6.51. The maximum Gasteiger partial charge on any atom is 0.234 e. The fourth-order valence-corrected chi connectivity index (χ4v) is 3.50. The molecule has 0 heterocycles. The summed E-state index contributed by atoms with van der Waals surface area (Å²) in [4.78, 5) is 11.8. The van der Waals surface area contributed by atoms with Gasteiger partial charge in [0.05, 0.1) is 11.4 Å². The third-order valence-electron chi connectivity index (χ3n) is 3.20. The van der Waals surface area contributed by atoms with Crippen LogP contribution in [0.4, 0.5) is 10.1 Å². The Balaban J connectivity index is 1.81. The quantitative estimate of drug-likeness (QED) is 0.888. The Bertz CT molecular complexity index is 449. The highest BCUT2D eigenvalue weighted by molar-refractivity contribution is 8.00. The predicted molar refractivity (Wildman–Crippen MR) is 79.4 cm³/mol. The molecule has 19 heavy (non-hydrogen) atoms. The number of anilines is 1. The zero-order chi connectivity index (χ0) is 13.7. The number of rotatable bonds is 4. The van der Waals surface area contributed by atoms with E-state index in [0.717, 1.165) is 0 Å². The smallest absolute Gasteiger partial charge is 0.234 e. The van der Waals surface area contributed by atoms with Crippen LogP contribution in [0, 0.1) is 5.82 Å². The van der Waals surface area contributed by atoms with Gasteiger partial charge in [0.25, 0.3) is 0 Å². The number of nitrogens with one attached hydrogen (secondary N) is 1. The summed E-state index contributed by atoms with van der Waals surface area (Å²) in [6, 6.07) is 4.15. The van der Waals surface area contributed by atoms with Gasteiger partial charge in [0.2, 0.25) is 5.91 Å². The van der Waals surface area contributed by atoms with Crippen LogP contribution in [0.15, 0.2) is 18.2 Å². The summed E-state index contributed by atoms with van der Waals surface area (Å²) in [5.74, 6) is -0.256. The van der Waals surface area contributed by atoms with Gasteiger partial charge in [0.1, 0.15) is 5.82 Å². The van der Waals surface area contributed by atoms with Crippen molar-refractivity contribution < 1.29 is 9.18 Å².